The third-order valence-corrected chi connectivity index (χ3v) is 3.55. The minimum Gasteiger partial charge on any atom is -0.349 e. The normalized spacial score (nSPS) is 17.9. The van der Waals surface area contributed by atoms with Crippen molar-refractivity contribution in [1.82, 2.24) is 14.7 Å². The molecule has 0 unspecified atom stereocenters. The Morgan fingerprint density at radius 3 is 1.75 bits per heavy atom. The molecule has 1 aliphatic rings. The summed E-state index contributed by atoms with van der Waals surface area (Å²) in [4.78, 5) is 11.2. The lowest BCUT2D eigenvalue weighted by molar-refractivity contribution is 0.0695. The number of hydrogen-bond donors (Lipinski definition) is 0. The predicted molar refractivity (Wildman–Crippen MR) is 69.9 cm³/mol. The molecule has 0 aromatic heterocycles. The molecule has 0 atom stereocenters. The molecule has 0 saturated heterocycles. The molecule has 1 aliphatic carbocycles. The van der Waals surface area contributed by atoms with Crippen LogP contribution in [0.4, 0.5) is 0 Å². The van der Waals surface area contributed by atoms with Gasteiger partial charge in [0.05, 0.1) is 6.54 Å². The summed E-state index contributed by atoms with van der Waals surface area (Å²) in [5.74, 6) is 1.05. The Morgan fingerprint density at radius 2 is 1.50 bits per heavy atom. The van der Waals surface area contributed by atoms with Crippen molar-refractivity contribution in [3.8, 4) is 0 Å². The van der Waals surface area contributed by atoms with Gasteiger partial charge in [0.1, 0.15) is 0 Å². The number of likely N-dealkylation sites (N-methyl/N-ethyl adjacent to an activating group) is 1. The first-order chi connectivity index (χ1) is 7.39. The standard InChI is InChI=1S/C12H26N4/c1-14(2)11(15(3)4)13-10-12(16(5)6)8-7-9-12/h7-10H2,1-6H3. The molecule has 4 nitrogen and oxygen atoms in total. The van der Waals surface area contributed by atoms with E-state index in [0.717, 1.165) is 12.5 Å². The van der Waals surface area contributed by atoms with Gasteiger partial charge in [-0.2, -0.15) is 0 Å². The quantitative estimate of drug-likeness (QED) is 0.528. The molecule has 0 spiro atoms. The first-order valence-electron chi connectivity index (χ1n) is 5.95. The van der Waals surface area contributed by atoms with Crippen LogP contribution in [0, 0.1) is 0 Å². The van der Waals surface area contributed by atoms with Gasteiger partial charge in [0.2, 0.25) is 0 Å². The molecular formula is C12H26N4. The molecule has 4 heteroatoms. The van der Waals surface area contributed by atoms with Gasteiger partial charge in [0, 0.05) is 33.7 Å². The van der Waals surface area contributed by atoms with E-state index in [9.17, 15) is 0 Å². The van der Waals surface area contributed by atoms with E-state index in [2.05, 4.69) is 28.8 Å². The monoisotopic (exact) mass is 226 g/mol. The summed E-state index contributed by atoms with van der Waals surface area (Å²) in [6.07, 6.45) is 3.89. The zero-order valence-electron chi connectivity index (χ0n) is 11.6. The van der Waals surface area contributed by atoms with Gasteiger partial charge in [-0.3, -0.25) is 4.99 Å². The Hall–Kier alpha value is -0.770. The summed E-state index contributed by atoms with van der Waals surface area (Å²) < 4.78 is 0. The van der Waals surface area contributed by atoms with Gasteiger partial charge >= 0.3 is 0 Å². The fourth-order valence-corrected chi connectivity index (χ4v) is 2.23. The summed E-state index contributed by atoms with van der Waals surface area (Å²) in [5, 5.41) is 0. The summed E-state index contributed by atoms with van der Waals surface area (Å²) in [6, 6.07) is 0. The third-order valence-electron chi connectivity index (χ3n) is 3.55. The maximum absolute atomic E-state index is 4.77. The van der Waals surface area contributed by atoms with Crippen LogP contribution in [0.1, 0.15) is 19.3 Å². The summed E-state index contributed by atoms with van der Waals surface area (Å²) >= 11 is 0. The van der Waals surface area contributed by atoms with Crippen LogP contribution in [0.2, 0.25) is 0 Å². The van der Waals surface area contributed by atoms with Gasteiger partial charge in [-0.1, -0.05) is 0 Å². The first kappa shape index (κ1) is 13.3. The Bertz CT molecular complexity index is 242. The second kappa shape index (κ2) is 5.04. The molecule has 94 valence electrons. The number of guanidine groups is 1. The van der Waals surface area contributed by atoms with Crippen LogP contribution in [-0.2, 0) is 0 Å². The Labute approximate surface area is 99.9 Å². The molecule has 0 aliphatic heterocycles. The molecule has 0 amide bonds. The Morgan fingerprint density at radius 1 is 1.00 bits per heavy atom. The lowest BCUT2D eigenvalue weighted by Crippen LogP contribution is -2.53. The molecule has 0 heterocycles. The van der Waals surface area contributed by atoms with E-state index < -0.39 is 0 Å². The molecule has 1 rings (SSSR count). The smallest absolute Gasteiger partial charge is 0.195 e. The fraction of sp³-hybridized carbons (Fsp3) is 0.917. The SMILES string of the molecule is CN(C)C(=NCC1(N(C)C)CCC1)N(C)C. The van der Waals surface area contributed by atoms with Crippen molar-refractivity contribution in [2.24, 2.45) is 4.99 Å². The molecule has 0 aromatic carbocycles. The lowest BCUT2D eigenvalue weighted by atomic mass is 9.76. The molecule has 0 N–H and O–H groups in total. The van der Waals surface area contributed by atoms with Crippen molar-refractivity contribution in [2.45, 2.75) is 24.8 Å². The second-order valence-corrected chi connectivity index (χ2v) is 5.38. The van der Waals surface area contributed by atoms with Crippen molar-refractivity contribution in [1.29, 1.82) is 0 Å². The first-order valence-corrected chi connectivity index (χ1v) is 5.95. The van der Waals surface area contributed by atoms with Crippen LogP contribution in [0.15, 0.2) is 4.99 Å². The summed E-state index contributed by atoms with van der Waals surface area (Å²) in [6.45, 7) is 0.908. The molecular weight excluding hydrogens is 200 g/mol. The topological polar surface area (TPSA) is 22.1 Å². The van der Waals surface area contributed by atoms with Gasteiger partial charge in [0.25, 0.3) is 0 Å². The van der Waals surface area contributed by atoms with E-state index in [0.29, 0.717) is 5.54 Å². The molecule has 0 radical (unpaired) electrons. The van der Waals surface area contributed by atoms with E-state index >= 15 is 0 Å². The molecule has 1 saturated carbocycles. The maximum atomic E-state index is 4.77. The van der Waals surface area contributed by atoms with Crippen LogP contribution in [0.3, 0.4) is 0 Å². The molecule has 1 fully saturated rings. The van der Waals surface area contributed by atoms with Crippen LogP contribution >= 0.6 is 0 Å². The predicted octanol–water partition coefficient (Wildman–Crippen LogP) is 0.950. The van der Waals surface area contributed by atoms with Crippen molar-refractivity contribution >= 4 is 5.96 Å². The van der Waals surface area contributed by atoms with Crippen LogP contribution in [0.5, 0.6) is 0 Å². The number of nitrogens with zero attached hydrogens (tertiary/aromatic N) is 4. The van der Waals surface area contributed by atoms with Gasteiger partial charge in [-0.15, -0.1) is 0 Å². The highest BCUT2D eigenvalue weighted by Gasteiger charge is 2.38. The average molecular weight is 226 g/mol. The minimum atomic E-state index is 0.317. The van der Waals surface area contributed by atoms with E-state index in [-0.39, 0.29) is 0 Å². The van der Waals surface area contributed by atoms with Crippen molar-refractivity contribution in [3.63, 3.8) is 0 Å². The molecule has 16 heavy (non-hydrogen) atoms. The van der Waals surface area contributed by atoms with E-state index in [1.807, 2.05) is 28.2 Å². The fourth-order valence-electron chi connectivity index (χ4n) is 2.23. The van der Waals surface area contributed by atoms with Gasteiger partial charge in [0.15, 0.2) is 5.96 Å². The van der Waals surface area contributed by atoms with Crippen molar-refractivity contribution < 1.29 is 0 Å². The van der Waals surface area contributed by atoms with Crippen molar-refractivity contribution in [2.75, 3.05) is 48.8 Å². The Balaban J connectivity index is 2.68. The molecule has 0 bridgehead atoms. The van der Waals surface area contributed by atoms with Crippen LogP contribution in [0.25, 0.3) is 0 Å². The number of aliphatic imine (C=N–C) groups is 1. The van der Waals surface area contributed by atoms with Gasteiger partial charge in [-0.05, 0) is 33.4 Å². The van der Waals surface area contributed by atoms with Crippen LogP contribution < -0.4 is 0 Å². The van der Waals surface area contributed by atoms with Gasteiger partial charge in [-0.25, -0.2) is 0 Å². The number of hydrogen-bond acceptors (Lipinski definition) is 2. The molecule has 0 aromatic rings. The van der Waals surface area contributed by atoms with Gasteiger partial charge < -0.3 is 14.7 Å². The zero-order valence-corrected chi connectivity index (χ0v) is 11.6. The Kier molecular flexibility index (Phi) is 4.19. The highest BCUT2D eigenvalue weighted by atomic mass is 15.3. The zero-order chi connectivity index (χ0) is 12.3. The summed E-state index contributed by atoms with van der Waals surface area (Å²) in [5.41, 5.74) is 0.317. The highest BCUT2D eigenvalue weighted by molar-refractivity contribution is 5.79. The van der Waals surface area contributed by atoms with Crippen LogP contribution in [-0.4, -0.2) is 75.0 Å². The average Bonchev–Trinajstić information content (AvgIpc) is 2.06. The third kappa shape index (κ3) is 2.67. The lowest BCUT2D eigenvalue weighted by Gasteiger charge is -2.46. The largest absolute Gasteiger partial charge is 0.349 e. The van der Waals surface area contributed by atoms with E-state index in [1.54, 1.807) is 0 Å². The second-order valence-electron chi connectivity index (χ2n) is 5.38. The van der Waals surface area contributed by atoms with E-state index in [4.69, 9.17) is 4.99 Å². The number of rotatable bonds is 3. The highest BCUT2D eigenvalue weighted by Crippen LogP contribution is 2.36. The van der Waals surface area contributed by atoms with E-state index in [1.165, 1.54) is 19.3 Å². The maximum Gasteiger partial charge on any atom is 0.195 e. The minimum absolute atomic E-state index is 0.317. The summed E-state index contributed by atoms with van der Waals surface area (Å²) in [7, 11) is 12.5. The van der Waals surface area contributed by atoms with Crippen molar-refractivity contribution in [3.05, 3.63) is 0 Å².